The monoisotopic (exact) mass is 331 g/mol. The molecule has 1 aromatic heterocycles. The summed E-state index contributed by atoms with van der Waals surface area (Å²) in [5.74, 6) is 0.763. The van der Waals surface area contributed by atoms with Gasteiger partial charge in [-0.1, -0.05) is 19.3 Å². The minimum atomic E-state index is 0.0414. The molecule has 1 aliphatic heterocycles. The highest BCUT2D eigenvalue weighted by Crippen LogP contribution is 2.29. The summed E-state index contributed by atoms with van der Waals surface area (Å²) in [6.07, 6.45) is 10.5. The highest BCUT2D eigenvalue weighted by molar-refractivity contribution is 5.90. The molecule has 2 fully saturated rings. The molecule has 3 rings (SSSR count). The molecule has 132 valence electrons. The zero-order chi connectivity index (χ0) is 16.8. The molecule has 0 spiro atoms. The van der Waals surface area contributed by atoms with Crippen LogP contribution in [0.3, 0.4) is 0 Å². The number of fused-ring (bicyclic) bond motifs is 1. The predicted molar refractivity (Wildman–Crippen MR) is 95.4 cm³/mol. The van der Waals surface area contributed by atoms with Gasteiger partial charge in [-0.25, -0.2) is 0 Å². The maximum atomic E-state index is 12.0. The smallest absolute Gasteiger partial charge is 0.225 e. The molecule has 1 aromatic rings. The Labute approximate surface area is 144 Å². The van der Waals surface area contributed by atoms with Crippen LogP contribution in [0.4, 0.5) is 5.69 Å². The fourth-order valence-electron chi connectivity index (χ4n) is 3.88. The van der Waals surface area contributed by atoms with E-state index in [-0.39, 0.29) is 5.91 Å². The fourth-order valence-corrected chi connectivity index (χ4v) is 3.88. The van der Waals surface area contributed by atoms with Crippen molar-refractivity contribution in [1.29, 1.82) is 0 Å². The van der Waals surface area contributed by atoms with E-state index >= 15 is 0 Å². The Bertz CT molecular complexity index is 523. The molecule has 0 radical (unpaired) electrons. The maximum absolute atomic E-state index is 12.0. The van der Waals surface area contributed by atoms with Gasteiger partial charge in [0.15, 0.2) is 0 Å². The summed E-state index contributed by atoms with van der Waals surface area (Å²) in [4.78, 5) is 18.3. The second-order valence-electron chi connectivity index (χ2n) is 7.11. The van der Waals surface area contributed by atoms with Crippen molar-refractivity contribution in [2.45, 2.75) is 50.6 Å². The zero-order valence-corrected chi connectivity index (χ0v) is 14.5. The number of anilines is 1. The summed E-state index contributed by atoms with van der Waals surface area (Å²) in [6.45, 7) is 1.75. The summed E-state index contributed by atoms with van der Waals surface area (Å²) in [7, 11) is 2.10. The van der Waals surface area contributed by atoms with Crippen LogP contribution < -0.4 is 16.2 Å². The van der Waals surface area contributed by atoms with Crippen molar-refractivity contribution in [2.75, 3.05) is 25.5 Å². The number of carbonyl (C=O) groups is 1. The Morgan fingerprint density at radius 3 is 3.04 bits per heavy atom. The van der Waals surface area contributed by atoms with Crippen LogP contribution in [0.2, 0.25) is 0 Å². The van der Waals surface area contributed by atoms with Gasteiger partial charge in [0.05, 0.1) is 11.9 Å². The lowest BCUT2D eigenvalue weighted by Gasteiger charge is -2.25. The number of hydrogen-bond acceptors (Lipinski definition) is 5. The zero-order valence-electron chi connectivity index (χ0n) is 14.5. The van der Waals surface area contributed by atoms with Crippen LogP contribution in [0.5, 0.6) is 0 Å². The molecule has 24 heavy (non-hydrogen) atoms. The molecular formula is C18H29N5O. The topological polar surface area (TPSA) is 69.3 Å². The quantitative estimate of drug-likeness (QED) is 0.741. The first-order valence-corrected chi connectivity index (χ1v) is 9.12. The molecule has 1 saturated carbocycles. The third-order valence-electron chi connectivity index (χ3n) is 5.21. The molecule has 6 nitrogen and oxygen atoms in total. The number of hydrogen-bond donors (Lipinski definition) is 3. The number of pyridine rings is 1. The molecule has 1 amide bonds. The Hall–Kier alpha value is -1.50. The van der Waals surface area contributed by atoms with E-state index in [0.29, 0.717) is 18.5 Å². The van der Waals surface area contributed by atoms with Gasteiger partial charge in [0, 0.05) is 37.8 Å². The van der Waals surface area contributed by atoms with Crippen molar-refractivity contribution in [2.24, 2.45) is 5.92 Å². The van der Waals surface area contributed by atoms with Gasteiger partial charge in [0.2, 0.25) is 5.91 Å². The van der Waals surface area contributed by atoms with E-state index in [0.717, 1.165) is 24.7 Å². The molecule has 3 atom stereocenters. The summed E-state index contributed by atoms with van der Waals surface area (Å²) >= 11 is 0. The lowest BCUT2D eigenvalue weighted by atomic mass is 9.90. The van der Waals surface area contributed by atoms with E-state index in [1.807, 2.05) is 12.1 Å². The van der Waals surface area contributed by atoms with Gasteiger partial charge in [0.25, 0.3) is 0 Å². The lowest BCUT2D eigenvalue weighted by Crippen LogP contribution is -2.42. The van der Waals surface area contributed by atoms with E-state index in [1.165, 1.54) is 32.1 Å². The van der Waals surface area contributed by atoms with E-state index in [4.69, 9.17) is 0 Å². The van der Waals surface area contributed by atoms with Crippen LogP contribution in [0, 0.1) is 5.92 Å². The third-order valence-corrected chi connectivity index (χ3v) is 5.21. The Kier molecular flexibility index (Phi) is 6.18. The normalized spacial score (nSPS) is 26.8. The van der Waals surface area contributed by atoms with Gasteiger partial charge in [-0.3, -0.25) is 20.6 Å². The molecular weight excluding hydrogens is 302 g/mol. The van der Waals surface area contributed by atoms with Crippen molar-refractivity contribution in [1.82, 2.24) is 20.7 Å². The van der Waals surface area contributed by atoms with E-state index < -0.39 is 0 Å². The van der Waals surface area contributed by atoms with Crippen LogP contribution in [0.1, 0.15) is 38.5 Å². The fraction of sp³-hybridized carbons (Fsp3) is 0.667. The van der Waals surface area contributed by atoms with Gasteiger partial charge in [-0.15, -0.1) is 0 Å². The summed E-state index contributed by atoms with van der Waals surface area (Å²) in [5.41, 5.74) is 7.73. The van der Waals surface area contributed by atoms with E-state index in [2.05, 4.69) is 33.1 Å². The second-order valence-corrected chi connectivity index (χ2v) is 7.11. The molecule has 1 aliphatic carbocycles. The molecule has 3 N–H and O–H groups in total. The molecule has 1 saturated heterocycles. The first-order chi connectivity index (χ1) is 11.7. The number of rotatable bonds is 6. The largest absolute Gasteiger partial charge is 0.325 e. The number of nitrogens with zero attached hydrogens (tertiary/aromatic N) is 2. The predicted octanol–water partition coefficient (Wildman–Crippen LogP) is 1.77. The Morgan fingerprint density at radius 2 is 2.21 bits per heavy atom. The van der Waals surface area contributed by atoms with Crippen LogP contribution in [0.15, 0.2) is 24.5 Å². The van der Waals surface area contributed by atoms with E-state index in [1.54, 1.807) is 12.4 Å². The summed E-state index contributed by atoms with van der Waals surface area (Å²) in [5, 5.41) is 2.89. The maximum Gasteiger partial charge on any atom is 0.225 e. The minimum absolute atomic E-state index is 0.0414. The number of nitrogens with one attached hydrogen (secondary N) is 3. The van der Waals surface area contributed by atoms with Crippen molar-refractivity contribution in [3.05, 3.63) is 24.5 Å². The highest BCUT2D eigenvalue weighted by atomic mass is 16.1. The lowest BCUT2D eigenvalue weighted by molar-refractivity contribution is -0.116. The SMILES string of the molecule is CN(CCC(=O)Nc1cccnc1)CC1NNC2CCCCCC21. The number of amides is 1. The van der Waals surface area contributed by atoms with Crippen molar-refractivity contribution >= 4 is 11.6 Å². The average molecular weight is 331 g/mol. The first-order valence-electron chi connectivity index (χ1n) is 9.12. The van der Waals surface area contributed by atoms with Crippen LogP contribution in [0.25, 0.3) is 0 Å². The number of hydrazine groups is 1. The van der Waals surface area contributed by atoms with Crippen LogP contribution >= 0.6 is 0 Å². The van der Waals surface area contributed by atoms with Gasteiger partial charge in [-0.05, 0) is 37.9 Å². The third kappa shape index (κ3) is 4.75. The highest BCUT2D eigenvalue weighted by Gasteiger charge is 2.36. The van der Waals surface area contributed by atoms with Gasteiger partial charge in [-0.2, -0.15) is 0 Å². The Balaban J connectivity index is 1.40. The van der Waals surface area contributed by atoms with Crippen LogP contribution in [-0.4, -0.2) is 48.0 Å². The van der Waals surface area contributed by atoms with Crippen molar-refractivity contribution in [3.8, 4) is 0 Å². The summed E-state index contributed by atoms with van der Waals surface area (Å²) < 4.78 is 0. The van der Waals surface area contributed by atoms with Gasteiger partial charge in [0.1, 0.15) is 0 Å². The van der Waals surface area contributed by atoms with Crippen LogP contribution in [-0.2, 0) is 4.79 Å². The van der Waals surface area contributed by atoms with Gasteiger partial charge < -0.3 is 10.2 Å². The minimum Gasteiger partial charge on any atom is -0.325 e. The second kappa shape index (κ2) is 8.55. The van der Waals surface area contributed by atoms with Gasteiger partial charge >= 0.3 is 0 Å². The molecule has 2 heterocycles. The Morgan fingerprint density at radius 1 is 1.33 bits per heavy atom. The van der Waals surface area contributed by atoms with Crippen molar-refractivity contribution < 1.29 is 4.79 Å². The van der Waals surface area contributed by atoms with E-state index in [9.17, 15) is 4.79 Å². The average Bonchev–Trinajstić information content (AvgIpc) is 2.81. The molecule has 0 bridgehead atoms. The standard InChI is InChI=1S/C18H29N5O/c1-23(11-9-18(24)20-14-6-5-10-19-12-14)13-17-15-7-3-2-4-8-16(15)21-22-17/h5-6,10,12,15-17,21-22H,2-4,7-9,11,13H2,1H3,(H,20,24). The molecule has 2 aliphatic rings. The molecule has 6 heteroatoms. The van der Waals surface area contributed by atoms with Crippen molar-refractivity contribution in [3.63, 3.8) is 0 Å². The number of likely N-dealkylation sites (N-methyl/N-ethyl adjacent to an activating group) is 1. The summed E-state index contributed by atoms with van der Waals surface area (Å²) in [6, 6.07) is 4.79. The molecule has 0 aromatic carbocycles. The number of carbonyl (C=O) groups excluding carboxylic acids is 1. The number of aromatic nitrogens is 1. The first kappa shape index (κ1) is 17.3. The molecule has 3 unspecified atom stereocenters.